The van der Waals surface area contributed by atoms with E-state index in [1.54, 1.807) is 25.3 Å². The standard InChI is InChI=1S/C12H16BrNO5/c1-17-4-5-18-8-19-11-3-2-9(6-10(11)13)7-14-12(15)16/h2-3,6,14H,4-5,7-8H2,1H3,(H,15,16). The monoisotopic (exact) mass is 333 g/mol. The number of carbonyl (C=O) groups is 1. The minimum absolute atomic E-state index is 0.134. The lowest BCUT2D eigenvalue weighted by atomic mass is 10.2. The number of rotatable bonds is 8. The summed E-state index contributed by atoms with van der Waals surface area (Å²) in [5.74, 6) is 0.636. The lowest BCUT2D eigenvalue weighted by Crippen LogP contribution is -2.19. The first kappa shape index (κ1) is 15.7. The maximum absolute atomic E-state index is 10.4. The first-order valence-electron chi connectivity index (χ1n) is 5.58. The molecule has 19 heavy (non-hydrogen) atoms. The van der Waals surface area contributed by atoms with Gasteiger partial charge in [0.1, 0.15) is 5.75 Å². The molecule has 0 spiro atoms. The number of ether oxygens (including phenoxy) is 3. The van der Waals surface area contributed by atoms with Gasteiger partial charge in [-0.05, 0) is 33.6 Å². The maximum atomic E-state index is 10.4. The van der Waals surface area contributed by atoms with E-state index in [4.69, 9.17) is 19.3 Å². The van der Waals surface area contributed by atoms with Gasteiger partial charge in [0.05, 0.1) is 17.7 Å². The Balaban J connectivity index is 2.41. The fraction of sp³-hybridized carbons (Fsp3) is 0.417. The summed E-state index contributed by atoms with van der Waals surface area (Å²) in [7, 11) is 1.60. The van der Waals surface area contributed by atoms with Gasteiger partial charge < -0.3 is 24.6 Å². The summed E-state index contributed by atoms with van der Waals surface area (Å²) in [6.45, 7) is 1.37. The molecule has 0 saturated heterocycles. The number of carboxylic acid groups (broad SMARTS) is 1. The molecule has 0 unspecified atom stereocenters. The number of methoxy groups -OCH3 is 1. The van der Waals surface area contributed by atoms with E-state index >= 15 is 0 Å². The minimum Gasteiger partial charge on any atom is -0.466 e. The molecule has 1 aromatic rings. The van der Waals surface area contributed by atoms with Crippen molar-refractivity contribution in [1.29, 1.82) is 0 Å². The predicted octanol–water partition coefficient (Wildman–Crippen LogP) is 2.22. The molecule has 0 heterocycles. The van der Waals surface area contributed by atoms with Crippen molar-refractivity contribution in [1.82, 2.24) is 5.32 Å². The van der Waals surface area contributed by atoms with E-state index in [2.05, 4.69) is 21.2 Å². The largest absolute Gasteiger partial charge is 0.466 e. The number of nitrogens with one attached hydrogen (secondary N) is 1. The van der Waals surface area contributed by atoms with Gasteiger partial charge in [0.25, 0.3) is 0 Å². The van der Waals surface area contributed by atoms with Gasteiger partial charge in [0, 0.05) is 13.7 Å². The third-order valence-corrected chi connectivity index (χ3v) is 2.79. The molecule has 1 rings (SSSR count). The summed E-state index contributed by atoms with van der Waals surface area (Å²) < 4.78 is 16.2. The van der Waals surface area contributed by atoms with Gasteiger partial charge in [0.2, 0.25) is 0 Å². The van der Waals surface area contributed by atoms with Crippen molar-refractivity contribution < 1.29 is 24.1 Å². The van der Waals surface area contributed by atoms with E-state index in [9.17, 15) is 4.79 Å². The highest BCUT2D eigenvalue weighted by molar-refractivity contribution is 9.10. The number of hydrogen-bond acceptors (Lipinski definition) is 4. The van der Waals surface area contributed by atoms with Crippen molar-refractivity contribution in [2.24, 2.45) is 0 Å². The SMILES string of the molecule is COCCOCOc1ccc(CNC(=O)O)cc1Br. The molecule has 0 atom stereocenters. The van der Waals surface area contributed by atoms with Crippen molar-refractivity contribution >= 4 is 22.0 Å². The van der Waals surface area contributed by atoms with Gasteiger partial charge in [-0.2, -0.15) is 0 Å². The van der Waals surface area contributed by atoms with Crippen molar-refractivity contribution in [3.8, 4) is 5.75 Å². The van der Waals surface area contributed by atoms with E-state index < -0.39 is 6.09 Å². The Morgan fingerprint density at radius 3 is 2.84 bits per heavy atom. The number of benzene rings is 1. The van der Waals surface area contributed by atoms with Crippen LogP contribution in [0.25, 0.3) is 0 Å². The second-order valence-electron chi connectivity index (χ2n) is 3.59. The van der Waals surface area contributed by atoms with E-state index in [-0.39, 0.29) is 13.3 Å². The van der Waals surface area contributed by atoms with Crippen LogP contribution in [0.3, 0.4) is 0 Å². The van der Waals surface area contributed by atoms with Gasteiger partial charge in [0.15, 0.2) is 6.79 Å². The Bertz CT molecular complexity index is 413. The molecule has 0 fully saturated rings. The number of hydrogen-bond donors (Lipinski definition) is 2. The van der Waals surface area contributed by atoms with Gasteiger partial charge in [-0.15, -0.1) is 0 Å². The lowest BCUT2D eigenvalue weighted by Gasteiger charge is -2.10. The van der Waals surface area contributed by atoms with E-state index in [1.165, 1.54) is 0 Å². The summed E-state index contributed by atoms with van der Waals surface area (Å²) in [6.07, 6.45) is -1.05. The minimum atomic E-state index is -1.05. The van der Waals surface area contributed by atoms with Crippen LogP contribution < -0.4 is 10.1 Å². The van der Waals surface area contributed by atoms with Gasteiger partial charge in [-0.1, -0.05) is 6.07 Å². The van der Waals surface area contributed by atoms with Crippen LogP contribution in [0.5, 0.6) is 5.75 Å². The fourth-order valence-electron chi connectivity index (χ4n) is 1.26. The zero-order valence-electron chi connectivity index (χ0n) is 10.5. The van der Waals surface area contributed by atoms with Crippen molar-refractivity contribution in [2.75, 3.05) is 27.1 Å². The second kappa shape index (κ2) is 8.73. The molecular formula is C12H16BrNO5. The quantitative estimate of drug-likeness (QED) is 0.563. The Kier molecular flexibility index (Phi) is 7.24. The summed E-state index contributed by atoms with van der Waals surface area (Å²) in [5.41, 5.74) is 0.835. The normalized spacial score (nSPS) is 10.2. The maximum Gasteiger partial charge on any atom is 0.404 e. The first-order valence-corrected chi connectivity index (χ1v) is 6.37. The molecule has 0 radical (unpaired) electrons. The van der Waals surface area contributed by atoms with Gasteiger partial charge in [-0.25, -0.2) is 4.79 Å². The lowest BCUT2D eigenvalue weighted by molar-refractivity contribution is -0.00880. The Labute approximate surface area is 119 Å². The summed E-state index contributed by atoms with van der Waals surface area (Å²) in [6, 6.07) is 5.33. The zero-order chi connectivity index (χ0) is 14.1. The third kappa shape index (κ3) is 6.42. The van der Waals surface area contributed by atoms with Gasteiger partial charge >= 0.3 is 6.09 Å². The molecule has 6 nitrogen and oxygen atoms in total. The predicted molar refractivity (Wildman–Crippen MR) is 72.3 cm³/mol. The van der Waals surface area contributed by atoms with Crippen LogP contribution in [-0.4, -0.2) is 38.3 Å². The Morgan fingerprint density at radius 2 is 2.21 bits per heavy atom. The molecule has 7 heteroatoms. The smallest absolute Gasteiger partial charge is 0.404 e. The molecule has 2 N–H and O–H groups in total. The fourth-order valence-corrected chi connectivity index (χ4v) is 1.80. The van der Waals surface area contributed by atoms with Crippen LogP contribution in [-0.2, 0) is 16.0 Å². The molecule has 0 aliphatic rings. The van der Waals surface area contributed by atoms with Crippen LogP contribution in [0.4, 0.5) is 4.79 Å². The highest BCUT2D eigenvalue weighted by Gasteiger charge is 2.04. The van der Waals surface area contributed by atoms with Gasteiger partial charge in [-0.3, -0.25) is 0 Å². The summed E-state index contributed by atoms with van der Waals surface area (Å²) >= 11 is 3.36. The van der Waals surface area contributed by atoms with Crippen LogP contribution in [0, 0.1) is 0 Å². The molecule has 0 aromatic heterocycles. The van der Waals surface area contributed by atoms with E-state index in [0.717, 1.165) is 10.0 Å². The van der Waals surface area contributed by atoms with Crippen LogP contribution >= 0.6 is 15.9 Å². The average molecular weight is 334 g/mol. The first-order chi connectivity index (χ1) is 9.13. The van der Waals surface area contributed by atoms with Crippen LogP contribution in [0.15, 0.2) is 22.7 Å². The van der Waals surface area contributed by atoms with E-state index in [1.807, 2.05) is 0 Å². The molecule has 0 aliphatic heterocycles. The molecule has 1 aromatic carbocycles. The van der Waals surface area contributed by atoms with Crippen molar-refractivity contribution in [3.63, 3.8) is 0 Å². The molecule has 0 bridgehead atoms. The van der Waals surface area contributed by atoms with Crippen LogP contribution in [0.1, 0.15) is 5.56 Å². The van der Waals surface area contributed by atoms with E-state index in [0.29, 0.717) is 19.0 Å². The Hall–Kier alpha value is -1.31. The molecule has 106 valence electrons. The molecule has 0 aliphatic carbocycles. The highest BCUT2D eigenvalue weighted by Crippen LogP contribution is 2.26. The Morgan fingerprint density at radius 1 is 1.42 bits per heavy atom. The topological polar surface area (TPSA) is 77.0 Å². The molecule has 0 saturated carbocycles. The number of halogens is 1. The zero-order valence-corrected chi connectivity index (χ0v) is 12.1. The summed E-state index contributed by atoms with van der Waals surface area (Å²) in [5, 5.41) is 10.8. The second-order valence-corrected chi connectivity index (χ2v) is 4.44. The highest BCUT2D eigenvalue weighted by atomic mass is 79.9. The average Bonchev–Trinajstić information content (AvgIpc) is 2.38. The van der Waals surface area contributed by atoms with Crippen molar-refractivity contribution in [3.05, 3.63) is 28.2 Å². The third-order valence-electron chi connectivity index (χ3n) is 2.17. The summed E-state index contributed by atoms with van der Waals surface area (Å²) in [4.78, 5) is 10.4. The van der Waals surface area contributed by atoms with Crippen molar-refractivity contribution in [2.45, 2.75) is 6.54 Å². The molecule has 1 amide bonds. The number of amides is 1. The van der Waals surface area contributed by atoms with Crippen LogP contribution in [0.2, 0.25) is 0 Å². The molecular weight excluding hydrogens is 318 g/mol.